The lowest BCUT2D eigenvalue weighted by Gasteiger charge is -2.35. The number of anilines is 1. The first-order valence-electron chi connectivity index (χ1n) is 14.6. The van der Waals surface area contributed by atoms with Gasteiger partial charge in [0.05, 0.1) is 19.1 Å². The number of halogens is 1. The van der Waals surface area contributed by atoms with Crippen molar-refractivity contribution in [3.8, 4) is 5.75 Å². The number of hydrogen-bond acceptors (Lipinski definition) is 5. The fourth-order valence-corrected chi connectivity index (χ4v) is 6.45. The predicted octanol–water partition coefficient (Wildman–Crippen LogP) is 5.51. The predicted molar refractivity (Wildman–Crippen MR) is 171 cm³/mol. The lowest BCUT2D eigenvalue weighted by atomic mass is 9.94. The molecule has 1 fully saturated rings. The van der Waals surface area contributed by atoms with Gasteiger partial charge in [-0.1, -0.05) is 91.0 Å². The molecule has 0 spiro atoms. The summed E-state index contributed by atoms with van der Waals surface area (Å²) in [6, 6.07) is 21.0. The number of nitrogens with one attached hydrogen (secondary N) is 1. The largest absolute Gasteiger partial charge is 0.495 e. The van der Waals surface area contributed by atoms with E-state index in [-0.39, 0.29) is 36.4 Å². The summed E-state index contributed by atoms with van der Waals surface area (Å²) in [7, 11) is -2.53. The molecule has 230 valence electrons. The highest BCUT2D eigenvalue weighted by molar-refractivity contribution is 7.92. The van der Waals surface area contributed by atoms with Gasteiger partial charge in [0.2, 0.25) is 21.8 Å². The molecule has 1 unspecified atom stereocenters. The molecular weight excluding hydrogens is 586 g/mol. The molecule has 1 N–H and O–H groups in total. The second-order valence-electron chi connectivity index (χ2n) is 11.1. The molecule has 1 atom stereocenters. The number of carbonyl (C=O) groups excluding carboxylic acids is 2. The summed E-state index contributed by atoms with van der Waals surface area (Å²) in [5, 5.41) is 3.50. The van der Waals surface area contributed by atoms with Crippen LogP contribution in [0.2, 0.25) is 5.02 Å². The Morgan fingerprint density at radius 1 is 0.977 bits per heavy atom. The van der Waals surface area contributed by atoms with Crippen molar-refractivity contribution < 1.29 is 22.7 Å². The summed E-state index contributed by atoms with van der Waals surface area (Å²) in [5.74, 6) is -0.515. The first-order valence-corrected chi connectivity index (χ1v) is 16.8. The van der Waals surface area contributed by atoms with Crippen LogP contribution < -0.4 is 14.4 Å². The van der Waals surface area contributed by atoms with Crippen LogP contribution in [0.5, 0.6) is 5.75 Å². The normalized spacial score (nSPS) is 14.5. The van der Waals surface area contributed by atoms with Gasteiger partial charge >= 0.3 is 0 Å². The first-order chi connectivity index (χ1) is 20.5. The number of carbonyl (C=O) groups is 2. The first kappa shape index (κ1) is 32.4. The molecule has 10 heteroatoms. The van der Waals surface area contributed by atoms with E-state index < -0.39 is 28.5 Å². The highest BCUT2D eigenvalue weighted by Crippen LogP contribution is 2.33. The van der Waals surface area contributed by atoms with Gasteiger partial charge in [0.15, 0.2) is 0 Å². The molecule has 4 rings (SSSR count). The minimum atomic E-state index is -3.96. The number of benzene rings is 3. The Kier molecular flexibility index (Phi) is 11.1. The Labute approximate surface area is 260 Å². The van der Waals surface area contributed by atoms with Gasteiger partial charge in [-0.15, -0.1) is 0 Å². The SMILES string of the molecule is COc1ccc(Cl)cc1N(CC(=O)N(Cc1ccc(C)cc1)C(Cc1ccccc1)C(=O)NC1CCCCC1)S(C)(=O)=O. The zero-order chi connectivity index (χ0) is 31.0. The molecule has 3 aromatic carbocycles. The van der Waals surface area contributed by atoms with Crippen LogP contribution in [0.25, 0.3) is 0 Å². The number of rotatable bonds is 12. The van der Waals surface area contributed by atoms with Crippen LogP contribution in [0, 0.1) is 6.92 Å². The van der Waals surface area contributed by atoms with E-state index in [1.165, 1.54) is 18.1 Å². The fourth-order valence-electron chi connectivity index (χ4n) is 5.44. The third kappa shape index (κ3) is 8.97. The Balaban J connectivity index is 1.75. The van der Waals surface area contributed by atoms with Crippen LogP contribution in [-0.4, -0.2) is 57.1 Å². The van der Waals surface area contributed by atoms with Crippen molar-refractivity contribution in [2.45, 2.75) is 64.1 Å². The van der Waals surface area contributed by atoms with E-state index in [0.717, 1.165) is 59.4 Å². The molecule has 3 aromatic rings. The summed E-state index contributed by atoms with van der Waals surface area (Å²) >= 11 is 6.24. The van der Waals surface area contributed by atoms with Gasteiger partial charge in [-0.3, -0.25) is 13.9 Å². The lowest BCUT2D eigenvalue weighted by Crippen LogP contribution is -2.55. The van der Waals surface area contributed by atoms with Crippen molar-refractivity contribution in [3.05, 3.63) is 94.5 Å². The van der Waals surface area contributed by atoms with E-state index in [4.69, 9.17) is 16.3 Å². The number of sulfonamides is 1. The average molecular weight is 626 g/mol. The van der Waals surface area contributed by atoms with Crippen molar-refractivity contribution in [3.63, 3.8) is 0 Å². The number of methoxy groups -OCH3 is 1. The van der Waals surface area contributed by atoms with Crippen molar-refractivity contribution in [2.75, 3.05) is 24.2 Å². The van der Waals surface area contributed by atoms with Crippen LogP contribution in [0.1, 0.15) is 48.8 Å². The van der Waals surface area contributed by atoms with E-state index >= 15 is 0 Å². The van der Waals surface area contributed by atoms with Crippen molar-refractivity contribution in [1.29, 1.82) is 0 Å². The van der Waals surface area contributed by atoms with Gasteiger partial charge in [-0.05, 0) is 49.1 Å². The fraction of sp³-hybridized carbons (Fsp3) is 0.394. The minimum Gasteiger partial charge on any atom is -0.495 e. The second-order valence-corrected chi connectivity index (χ2v) is 13.5. The third-order valence-corrected chi connectivity index (χ3v) is 9.15. The second kappa shape index (κ2) is 14.8. The molecule has 8 nitrogen and oxygen atoms in total. The Bertz CT molecular complexity index is 1490. The average Bonchev–Trinajstić information content (AvgIpc) is 2.99. The molecule has 1 aliphatic rings. The van der Waals surface area contributed by atoms with E-state index in [0.29, 0.717) is 5.02 Å². The molecule has 0 bridgehead atoms. The molecule has 43 heavy (non-hydrogen) atoms. The van der Waals surface area contributed by atoms with Crippen molar-refractivity contribution in [1.82, 2.24) is 10.2 Å². The maximum Gasteiger partial charge on any atom is 0.244 e. The number of ether oxygens (including phenoxy) is 1. The molecular formula is C33H40ClN3O5S. The number of nitrogens with zero attached hydrogens (tertiary/aromatic N) is 2. The zero-order valence-corrected chi connectivity index (χ0v) is 26.5. The van der Waals surface area contributed by atoms with E-state index in [9.17, 15) is 18.0 Å². The van der Waals surface area contributed by atoms with Gasteiger partial charge in [0, 0.05) is 24.0 Å². The number of aryl methyl sites for hydroxylation is 1. The quantitative estimate of drug-likeness (QED) is 0.286. The Hall–Kier alpha value is -3.56. The Morgan fingerprint density at radius 3 is 2.28 bits per heavy atom. The van der Waals surface area contributed by atoms with Gasteiger partial charge in [-0.2, -0.15) is 0 Å². The summed E-state index contributed by atoms with van der Waals surface area (Å²) in [6.07, 6.45) is 6.33. The van der Waals surface area contributed by atoms with Crippen LogP contribution in [0.15, 0.2) is 72.8 Å². The number of amides is 2. The Morgan fingerprint density at radius 2 is 1.65 bits per heavy atom. The van der Waals surface area contributed by atoms with E-state index in [1.54, 1.807) is 12.1 Å². The van der Waals surface area contributed by atoms with Gasteiger partial charge in [-0.25, -0.2) is 8.42 Å². The summed E-state index contributed by atoms with van der Waals surface area (Å²) in [4.78, 5) is 29.9. The highest BCUT2D eigenvalue weighted by atomic mass is 35.5. The minimum absolute atomic E-state index is 0.0408. The molecule has 0 aliphatic heterocycles. The lowest BCUT2D eigenvalue weighted by molar-refractivity contribution is -0.140. The van der Waals surface area contributed by atoms with E-state index in [1.807, 2.05) is 61.5 Å². The summed E-state index contributed by atoms with van der Waals surface area (Å²) in [6.45, 7) is 1.56. The molecule has 1 aliphatic carbocycles. The van der Waals surface area contributed by atoms with Gasteiger partial charge in [0.1, 0.15) is 18.3 Å². The van der Waals surface area contributed by atoms with Crippen molar-refractivity contribution in [2.24, 2.45) is 0 Å². The van der Waals surface area contributed by atoms with Crippen LogP contribution in [0.4, 0.5) is 5.69 Å². The smallest absolute Gasteiger partial charge is 0.244 e. The number of hydrogen-bond donors (Lipinski definition) is 1. The maximum atomic E-state index is 14.3. The standard InChI is InChI=1S/C33H40ClN3O5S/c1-24-14-16-26(17-15-24)22-36(32(38)23-37(43(3,40)41)29-21-27(34)18-19-31(29)42-2)30(20-25-10-6-4-7-11-25)33(39)35-28-12-8-5-9-13-28/h4,6-7,10-11,14-19,21,28,30H,5,8-9,12-13,20,22-23H2,1-3H3,(H,35,39). The molecule has 2 amide bonds. The molecule has 0 saturated heterocycles. The molecule has 0 heterocycles. The summed E-state index contributed by atoms with van der Waals surface area (Å²) in [5.41, 5.74) is 2.93. The topological polar surface area (TPSA) is 96.0 Å². The molecule has 1 saturated carbocycles. The zero-order valence-electron chi connectivity index (χ0n) is 25.0. The highest BCUT2D eigenvalue weighted by Gasteiger charge is 2.34. The monoisotopic (exact) mass is 625 g/mol. The third-order valence-electron chi connectivity index (χ3n) is 7.78. The van der Waals surface area contributed by atoms with Crippen LogP contribution in [0.3, 0.4) is 0 Å². The van der Waals surface area contributed by atoms with Crippen LogP contribution in [-0.2, 0) is 32.6 Å². The van der Waals surface area contributed by atoms with Gasteiger partial charge in [0.25, 0.3) is 0 Å². The summed E-state index contributed by atoms with van der Waals surface area (Å²) < 4.78 is 32.6. The maximum absolute atomic E-state index is 14.3. The van der Waals surface area contributed by atoms with Crippen LogP contribution >= 0.6 is 11.6 Å². The van der Waals surface area contributed by atoms with Gasteiger partial charge < -0.3 is 15.0 Å². The van der Waals surface area contributed by atoms with Crippen molar-refractivity contribution >= 4 is 39.1 Å². The van der Waals surface area contributed by atoms with E-state index in [2.05, 4.69) is 5.32 Å². The molecule has 0 radical (unpaired) electrons. The molecule has 0 aromatic heterocycles.